The maximum Gasteiger partial charge on any atom is 0.291 e. The Bertz CT molecular complexity index is 1010. The molecule has 7 heteroatoms. The van der Waals surface area contributed by atoms with Crippen molar-refractivity contribution in [2.24, 2.45) is 0 Å². The number of benzene rings is 1. The number of hydrogen-bond acceptors (Lipinski definition) is 6. The Kier molecular flexibility index (Phi) is 7.12. The lowest BCUT2D eigenvalue weighted by atomic mass is 10.0. The molecule has 2 aromatic rings. The van der Waals surface area contributed by atoms with E-state index < -0.39 is 11.0 Å². The number of nitro groups is 1. The van der Waals surface area contributed by atoms with Crippen molar-refractivity contribution in [3.05, 3.63) is 84.3 Å². The van der Waals surface area contributed by atoms with E-state index in [2.05, 4.69) is 0 Å². The standard InChI is InChI=1S/C22H25NO6/c1-13(11-17-6-8-18(9-7-17)23(26)27)10-14(2)12-19(24)21-15(3)20(25)16(4)22(28-5)29-21/h6-11,19,24H,12H2,1-5H3/b13-11+,14-10+/t19-/m1/s1. The van der Waals surface area contributed by atoms with Gasteiger partial charge in [0.1, 0.15) is 11.9 Å². The van der Waals surface area contributed by atoms with Crippen molar-refractivity contribution >= 4 is 11.8 Å². The van der Waals surface area contributed by atoms with Crippen LogP contribution in [0.5, 0.6) is 5.95 Å². The molecule has 1 aromatic carbocycles. The van der Waals surface area contributed by atoms with E-state index in [1.807, 2.05) is 26.0 Å². The SMILES string of the molecule is COc1oc([C@H](O)C/C(C)=C/C(C)=C/c2ccc([N+](=O)[O-])cc2)c(C)c(=O)c1C. The van der Waals surface area contributed by atoms with Gasteiger partial charge in [0.15, 0.2) is 5.43 Å². The fourth-order valence-electron chi connectivity index (χ4n) is 3.09. The first-order valence-corrected chi connectivity index (χ1v) is 9.10. The van der Waals surface area contributed by atoms with Crippen LogP contribution in [0.3, 0.4) is 0 Å². The number of hydrogen-bond donors (Lipinski definition) is 1. The van der Waals surface area contributed by atoms with E-state index in [1.54, 1.807) is 26.0 Å². The van der Waals surface area contributed by atoms with E-state index in [0.29, 0.717) is 11.1 Å². The first-order chi connectivity index (χ1) is 13.6. The van der Waals surface area contributed by atoms with Crippen molar-refractivity contribution in [1.29, 1.82) is 0 Å². The van der Waals surface area contributed by atoms with Gasteiger partial charge >= 0.3 is 0 Å². The van der Waals surface area contributed by atoms with Gasteiger partial charge in [-0.1, -0.05) is 23.3 Å². The molecule has 0 aliphatic rings. The summed E-state index contributed by atoms with van der Waals surface area (Å²) in [7, 11) is 1.41. The molecule has 1 heterocycles. The van der Waals surface area contributed by atoms with E-state index in [0.717, 1.165) is 16.7 Å². The molecule has 1 N–H and O–H groups in total. The van der Waals surface area contributed by atoms with Crippen molar-refractivity contribution in [3.63, 3.8) is 0 Å². The first kappa shape index (κ1) is 22.1. The van der Waals surface area contributed by atoms with E-state index in [-0.39, 0.29) is 29.2 Å². The molecule has 0 saturated carbocycles. The molecule has 0 bridgehead atoms. The largest absolute Gasteiger partial charge is 0.468 e. The highest BCUT2D eigenvalue weighted by Crippen LogP contribution is 2.28. The summed E-state index contributed by atoms with van der Waals surface area (Å²) in [6, 6.07) is 6.26. The zero-order chi connectivity index (χ0) is 21.7. The molecule has 0 aliphatic heterocycles. The minimum Gasteiger partial charge on any atom is -0.468 e. The van der Waals surface area contributed by atoms with Crippen LogP contribution < -0.4 is 10.2 Å². The zero-order valence-corrected chi connectivity index (χ0v) is 17.2. The van der Waals surface area contributed by atoms with Gasteiger partial charge in [-0.25, -0.2) is 0 Å². The third-order valence-electron chi connectivity index (χ3n) is 4.54. The van der Waals surface area contributed by atoms with E-state index in [9.17, 15) is 20.0 Å². The number of allylic oxidation sites excluding steroid dienone is 2. The quantitative estimate of drug-likeness (QED) is 0.413. The smallest absolute Gasteiger partial charge is 0.291 e. The number of aliphatic hydroxyl groups is 1. The lowest BCUT2D eigenvalue weighted by molar-refractivity contribution is -0.384. The molecular weight excluding hydrogens is 374 g/mol. The molecule has 2 rings (SSSR count). The van der Waals surface area contributed by atoms with Crippen molar-refractivity contribution in [2.45, 2.75) is 40.2 Å². The van der Waals surface area contributed by atoms with Crippen molar-refractivity contribution in [1.82, 2.24) is 0 Å². The number of rotatable bonds is 7. The second-order valence-electron chi connectivity index (χ2n) is 6.98. The lowest BCUT2D eigenvalue weighted by Crippen LogP contribution is -2.15. The van der Waals surface area contributed by atoms with Gasteiger partial charge in [0.2, 0.25) is 0 Å². The first-order valence-electron chi connectivity index (χ1n) is 9.10. The summed E-state index contributed by atoms with van der Waals surface area (Å²) in [5.74, 6) is 0.299. The Hall–Kier alpha value is -3.19. The second kappa shape index (κ2) is 9.34. The molecular formula is C22H25NO6. The van der Waals surface area contributed by atoms with E-state index >= 15 is 0 Å². The summed E-state index contributed by atoms with van der Waals surface area (Å²) in [5, 5.41) is 21.3. The predicted octanol–water partition coefficient (Wildman–Crippen LogP) is 4.65. The molecule has 0 saturated heterocycles. The summed E-state index contributed by atoms with van der Waals surface area (Å²) >= 11 is 0. The number of nitrogens with zero attached hydrogens (tertiary/aromatic N) is 1. The molecule has 0 spiro atoms. The molecule has 0 amide bonds. The van der Waals surface area contributed by atoms with Gasteiger partial charge < -0.3 is 14.3 Å². The van der Waals surface area contributed by atoms with Crippen LogP contribution in [0.15, 0.2) is 50.7 Å². The van der Waals surface area contributed by atoms with Gasteiger partial charge in [-0.15, -0.1) is 0 Å². The maximum atomic E-state index is 12.3. The molecule has 0 fully saturated rings. The van der Waals surface area contributed by atoms with E-state index in [4.69, 9.17) is 9.15 Å². The molecule has 0 aliphatic carbocycles. The van der Waals surface area contributed by atoms with Crippen molar-refractivity contribution in [3.8, 4) is 5.95 Å². The van der Waals surface area contributed by atoms with Crippen LogP contribution in [0.25, 0.3) is 6.08 Å². The average molecular weight is 399 g/mol. The molecule has 0 unspecified atom stereocenters. The summed E-state index contributed by atoms with van der Waals surface area (Å²) < 4.78 is 10.7. The number of methoxy groups -OCH3 is 1. The fraction of sp³-hybridized carbons (Fsp3) is 0.318. The third-order valence-corrected chi connectivity index (χ3v) is 4.54. The van der Waals surface area contributed by atoms with Gasteiger partial charge in [-0.2, -0.15) is 0 Å². The number of aliphatic hydroxyl groups excluding tert-OH is 1. The molecule has 7 nitrogen and oxygen atoms in total. The van der Waals surface area contributed by atoms with Crippen LogP contribution in [-0.2, 0) is 0 Å². The Morgan fingerprint density at radius 2 is 1.86 bits per heavy atom. The number of ether oxygens (including phenoxy) is 1. The van der Waals surface area contributed by atoms with Gasteiger partial charge in [-0.05, 0) is 45.4 Å². The predicted molar refractivity (Wildman–Crippen MR) is 111 cm³/mol. The monoisotopic (exact) mass is 399 g/mol. The van der Waals surface area contributed by atoms with Crippen LogP contribution >= 0.6 is 0 Å². The fourth-order valence-corrected chi connectivity index (χ4v) is 3.09. The van der Waals surface area contributed by atoms with Gasteiger partial charge in [0.05, 0.1) is 17.6 Å². The average Bonchev–Trinajstić information content (AvgIpc) is 2.66. The molecule has 29 heavy (non-hydrogen) atoms. The third kappa shape index (κ3) is 5.42. The molecule has 1 aromatic heterocycles. The van der Waals surface area contributed by atoms with Gasteiger partial charge in [0.25, 0.3) is 11.6 Å². The van der Waals surface area contributed by atoms with Gasteiger partial charge in [0, 0.05) is 24.1 Å². The topological polar surface area (TPSA) is 103 Å². The summed E-state index contributed by atoms with van der Waals surface area (Å²) in [6.45, 7) is 7.01. The van der Waals surface area contributed by atoms with Crippen molar-refractivity contribution in [2.75, 3.05) is 7.11 Å². The van der Waals surface area contributed by atoms with Gasteiger partial charge in [-0.3, -0.25) is 14.9 Å². The van der Waals surface area contributed by atoms with E-state index in [1.165, 1.54) is 19.2 Å². The molecule has 154 valence electrons. The lowest BCUT2D eigenvalue weighted by Gasteiger charge is -2.15. The number of non-ortho nitro benzene ring substituents is 1. The molecule has 0 radical (unpaired) electrons. The Morgan fingerprint density at radius 3 is 2.41 bits per heavy atom. The Labute approximate surface area is 169 Å². The highest BCUT2D eigenvalue weighted by molar-refractivity contribution is 5.57. The minimum absolute atomic E-state index is 0.0417. The Balaban J connectivity index is 2.19. The van der Waals surface area contributed by atoms with Crippen molar-refractivity contribution < 1.29 is 19.2 Å². The van der Waals surface area contributed by atoms with Crippen LogP contribution in [0.4, 0.5) is 5.69 Å². The zero-order valence-electron chi connectivity index (χ0n) is 17.2. The van der Waals surface area contributed by atoms with Crippen LogP contribution in [0, 0.1) is 24.0 Å². The molecule has 1 atom stereocenters. The van der Waals surface area contributed by atoms with Crippen LogP contribution in [0.1, 0.15) is 48.8 Å². The highest BCUT2D eigenvalue weighted by Gasteiger charge is 2.20. The number of nitro benzene ring substituents is 1. The highest BCUT2D eigenvalue weighted by atomic mass is 16.6. The summed E-state index contributed by atoms with van der Waals surface area (Å²) in [6.07, 6.45) is 3.09. The summed E-state index contributed by atoms with van der Waals surface area (Å²) in [5.41, 5.74) is 3.20. The Morgan fingerprint density at radius 1 is 1.24 bits per heavy atom. The van der Waals surface area contributed by atoms with Crippen LogP contribution in [0.2, 0.25) is 0 Å². The minimum atomic E-state index is -0.986. The maximum absolute atomic E-state index is 12.3. The van der Waals surface area contributed by atoms with Crippen LogP contribution in [-0.4, -0.2) is 17.1 Å². The second-order valence-corrected chi connectivity index (χ2v) is 6.98. The summed E-state index contributed by atoms with van der Waals surface area (Å²) in [4.78, 5) is 22.6. The normalized spacial score (nSPS) is 13.3.